The summed E-state index contributed by atoms with van der Waals surface area (Å²) in [6.07, 6.45) is 2.28. The third kappa shape index (κ3) is 2.56. The molecule has 1 aromatic heterocycles. The maximum Gasteiger partial charge on any atom is 0.180 e. The molecule has 0 saturated carbocycles. The second-order valence-corrected chi connectivity index (χ2v) is 3.05. The van der Waals surface area contributed by atoms with Crippen molar-refractivity contribution in [3.05, 3.63) is 12.0 Å². The van der Waals surface area contributed by atoms with Crippen molar-refractivity contribution < 1.29 is 4.74 Å². The number of rotatable bonds is 4. The number of nitrogens with two attached hydrogens (primary N) is 2. The van der Waals surface area contributed by atoms with E-state index in [2.05, 4.69) is 9.97 Å². The molecule has 5 heteroatoms. The predicted molar refractivity (Wildman–Crippen MR) is 55.0 cm³/mol. The Balaban J connectivity index is 2.78. The molecule has 0 aliphatic carbocycles. The van der Waals surface area contributed by atoms with Crippen molar-refractivity contribution in [3.8, 4) is 5.75 Å². The van der Waals surface area contributed by atoms with E-state index in [9.17, 15) is 0 Å². The Labute approximate surface area is 83.5 Å². The zero-order valence-electron chi connectivity index (χ0n) is 8.53. The highest BCUT2D eigenvalue weighted by molar-refractivity contribution is 5.43. The molecule has 0 fully saturated rings. The first-order valence-electron chi connectivity index (χ1n) is 4.65. The van der Waals surface area contributed by atoms with Gasteiger partial charge in [0.1, 0.15) is 11.9 Å². The molecule has 1 aromatic rings. The van der Waals surface area contributed by atoms with Crippen LogP contribution in [0, 0.1) is 0 Å². The van der Waals surface area contributed by atoms with Crippen LogP contribution in [0.15, 0.2) is 6.20 Å². The van der Waals surface area contributed by atoms with Gasteiger partial charge in [-0.05, 0) is 6.92 Å². The van der Waals surface area contributed by atoms with Gasteiger partial charge >= 0.3 is 0 Å². The molecule has 78 valence electrons. The van der Waals surface area contributed by atoms with Crippen LogP contribution in [0.5, 0.6) is 5.75 Å². The van der Waals surface area contributed by atoms with Crippen LogP contribution in [-0.4, -0.2) is 22.6 Å². The Morgan fingerprint density at radius 3 is 2.79 bits per heavy atom. The molecule has 0 saturated heterocycles. The van der Waals surface area contributed by atoms with E-state index in [1.807, 2.05) is 13.8 Å². The number of nitrogens with zero attached hydrogens (tertiary/aromatic N) is 2. The molecule has 5 nitrogen and oxygen atoms in total. The average molecular weight is 196 g/mol. The molecule has 0 aromatic carbocycles. The summed E-state index contributed by atoms with van der Waals surface area (Å²) in [6.45, 7) is 4.28. The van der Waals surface area contributed by atoms with Gasteiger partial charge in [-0.15, -0.1) is 0 Å². The van der Waals surface area contributed by atoms with Crippen molar-refractivity contribution in [3.63, 3.8) is 0 Å². The fraction of sp³-hybridized carbons (Fsp3) is 0.556. The summed E-state index contributed by atoms with van der Waals surface area (Å²) in [5.74, 6) is 1.59. The molecule has 0 bridgehead atoms. The SMILES string of the molecule is CCc1ncc(O[C@@H](C)CN)c(N)n1. The van der Waals surface area contributed by atoms with Crippen LogP contribution < -0.4 is 16.2 Å². The zero-order chi connectivity index (χ0) is 10.6. The molecular weight excluding hydrogens is 180 g/mol. The minimum atomic E-state index is -0.0756. The highest BCUT2D eigenvalue weighted by Gasteiger charge is 2.07. The molecule has 1 heterocycles. The third-order valence-corrected chi connectivity index (χ3v) is 1.81. The monoisotopic (exact) mass is 196 g/mol. The van der Waals surface area contributed by atoms with Gasteiger partial charge in [0.05, 0.1) is 6.20 Å². The van der Waals surface area contributed by atoms with Crippen LogP contribution in [0.1, 0.15) is 19.7 Å². The number of anilines is 1. The number of hydrogen-bond donors (Lipinski definition) is 2. The van der Waals surface area contributed by atoms with Gasteiger partial charge in [-0.2, -0.15) is 0 Å². The van der Waals surface area contributed by atoms with Crippen LogP contribution in [0.4, 0.5) is 5.82 Å². The van der Waals surface area contributed by atoms with Gasteiger partial charge in [0.15, 0.2) is 11.6 Å². The fourth-order valence-electron chi connectivity index (χ4n) is 0.948. The second-order valence-electron chi connectivity index (χ2n) is 3.05. The number of aromatic nitrogens is 2. The van der Waals surface area contributed by atoms with E-state index in [1.165, 1.54) is 0 Å². The first kappa shape index (κ1) is 10.7. The van der Waals surface area contributed by atoms with Crippen LogP contribution in [-0.2, 0) is 6.42 Å². The summed E-state index contributed by atoms with van der Waals surface area (Å²) in [5.41, 5.74) is 11.1. The lowest BCUT2D eigenvalue weighted by molar-refractivity contribution is 0.229. The number of ether oxygens (including phenoxy) is 1. The Kier molecular flexibility index (Phi) is 3.64. The molecule has 0 aliphatic heterocycles. The second kappa shape index (κ2) is 4.76. The molecule has 1 rings (SSSR count). The summed E-state index contributed by atoms with van der Waals surface area (Å²) in [5, 5.41) is 0. The predicted octanol–water partition coefficient (Wildman–Crippen LogP) is 0.347. The minimum absolute atomic E-state index is 0.0756. The highest BCUT2D eigenvalue weighted by atomic mass is 16.5. The Morgan fingerprint density at radius 2 is 2.29 bits per heavy atom. The van der Waals surface area contributed by atoms with E-state index in [0.717, 1.165) is 12.2 Å². The summed E-state index contributed by atoms with van der Waals surface area (Å²) < 4.78 is 5.42. The minimum Gasteiger partial charge on any atom is -0.484 e. The molecule has 0 unspecified atom stereocenters. The quantitative estimate of drug-likeness (QED) is 0.725. The van der Waals surface area contributed by atoms with Gasteiger partial charge in [0.2, 0.25) is 0 Å². The maximum atomic E-state index is 5.68. The summed E-state index contributed by atoms with van der Waals surface area (Å²) in [6, 6.07) is 0. The molecule has 0 spiro atoms. The van der Waals surface area contributed by atoms with Crippen molar-refractivity contribution in [1.82, 2.24) is 9.97 Å². The summed E-state index contributed by atoms with van der Waals surface area (Å²) >= 11 is 0. The lowest BCUT2D eigenvalue weighted by Gasteiger charge is -2.13. The highest BCUT2D eigenvalue weighted by Crippen LogP contribution is 2.18. The first-order valence-corrected chi connectivity index (χ1v) is 4.65. The standard InChI is InChI=1S/C9H16N4O/c1-3-8-12-5-7(9(11)13-8)14-6(2)4-10/h5-6H,3-4,10H2,1-2H3,(H2,11,12,13)/t6-/m0/s1. The third-order valence-electron chi connectivity index (χ3n) is 1.81. The van der Waals surface area contributed by atoms with Crippen LogP contribution >= 0.6 is 0 Å². The molecular formula is C9H16N4O. The topological polar surface area (TPSA) is 87.0 Å². The van der Waals surface area contributed by atoms with Gasteiger partial charge in [-0.25, -0.2) is 9.97 Å². The molecule has 1 atom stereocenters. The van der Waals surface area contributed by atoms with Crippen LogP contribution in [0.3, 0.4) is 0 Å². The lowest BCUT2D eigenvalue weighted by atomic mass is 10.4. The maximum absolute atomic E-state index is 5.68. The van der Waals surface area contributed by atoms with Crippen molar-refractivity contribution >= 4 is 5.82 Å². The van der Waals surface area contributed by atoms with Gasteiger partial charge in [-0.1, -0.05) is 6.92 Å². The van der Waals surface area contributed by atoms with E-state index in [1.54, 1.807) is 6.20 Å². The van der Waals surface area contributed by atoms with Crippen molar-refractivity contribution in [2.24, 2.45) is 5.73 Å². The molecule has 0 radical (unpaired) electrons. The van der Waals surface area contributed by atoms with Crippen molar-refractivity contribution in [2.75, 3.05) is 12.3 Å². The Bertz CT molecular complexity index is 303. The first-order chi connectivity index (χ1) is 6.67. The largest absolute Gasteiger partial charge is 0.484 e. The van der Waals surface area contributed by atoms with E-state index in [4.69, 9.17) is 16.2 Å². The van der Waals surface area contributed by atoms with Crippen molar-refractivity contribution in [1.29, 1.82) is 0 Å². The lowest BCUT2D eigenvalue weighted by Crippen LogP contribution is -2.23. The van der Waals surface area contributed by atoms with Gasteiger partial charge < -0.3 is 16.2 Å². The average Bonchev–Trinajstić information content (AvgIpc) is 2.20. The molecule has 0 aliphatic rings. The molecule has 4 N–H and O–H groups in total. The fourth-order valence-corrected chi connectivity index (χ4v) is 0.948. The molecule has 14 heavy (non-hydrogen) atoms. The smallest absolute Gasteiger partial charge is 0.180 e. The summed E-state index contributed by atoms with van der Waals surface area (Å²) in [4.78, 5) is 8.17. The van der Waals surface area contributed by atoms with Crippen molar-refractivity contribution in [2.45, 2.75) is 26.4 Å². The van der Waals surface area contributed by atoms with E-state index < -0.39 is 0 Å². The van der Waals surface area contributed by atoms with Gasteiger partial charge in [-0.3, -0.25) is 0 Å². The van der Waals surface area contributed by atoms with E-state index >= 15 is 0 Å². The Morgan fingerprint density at radius 1 is 1.57 bits per heavy atom. The number of aryl methyl sites for hydroxylation is 1. The van der Waals surface area contributed by atoms with Crippen LogP contribution in [0.2, 0.25) is 0 Å². The van der Waals surface area contributed by atoms with E-state index in [0.29, 0.717) is 18.1 Å². The Hall–Kier alpha value is -1.36. The van der Waals surface area contributed by atoms with E-state index in [-0.39, 0.29) is 6.10 Å². The number of hydrogen-bond acceptors (Lipinski definition) is 5. The van der Waals surface area contributed by atoms with Crippen LogP contribution in [0.25, 0.3) is 0 Å². The molecule has 0 amide bonds. The zero-order valence-corrected chi connectivity index (χ0v) is 8.53. The summed E-state index contributed by atoms with van der Waals surface area (Å²) in [7, 11) is 0. The van der Waals surface area contributed by atoms with Gasteiger partial charge in [0.25, 0.3) is 0 Å². The normalized spacial score (nSPS) is 12.5. The number of nitrogen functional groups attached to an aromatic ring is 1. The van der Waals surface area contributed by atoms with Gasteiger partial charge in [0, 0.05) is 13.0 Å².